The van der Waals surface area contributed by atoms with Gasteiger partial charge < -0.3 is 11.1 Å². The molecule has 1 aliphatic rings. The van der Waals surface area contributed by atoms with E-state index in [0.29, 0.717) is 22.5 Å². The molecule has 1 amide bonds. The molecule has 2 rings (SSSR count). The lowest BCUT2D eigenvalue weighted by molar-refractivity contribution is 0.0938. The predicted octanol–water partition coefficient (Wildman–Crippen LogP) is 2.98. The van der Waals surface area contributed by atoms with Crippen molar-refractivity contribution in [2.24, 2.45) is 0 Å². The van der Waals surface area contributed by atoms with Gasteiger partial charge in [0.05, 0.1) is 0 Å². The summed E-state index contributed by atoms with van der Waals surface area (Å²) in [6, 6.07) is 5.82. The summed E-state index contributed by atoms with van der Waals surface area (Å²) < 4.78 is 0. The van der Waals surface area contributed by atoms with Gasteiger partial charge in [-0.2, -0.15) is 11.8 Å². The molecular formula is C15H22N2OS. The van der Waals surface area contributed by atoms with Crippen LogP contribution in [-0.4, -0.2) is 23.0 Å². The summed E-state index contributed by atoms with van der Waals surface area (Å²) in [5.74, 6) is 1.11. The summed E-state index contributed by atoms with van der Waals surface area (Å²) in [6.07, 6.45) is 3.50. The van der Waals surface area contributed by atoms with Crippen LogP contribution >= 0.6 is 11.8 Å². The summed E-state index contributed by atoms with van der Waals surface area (Å²) in [4.78, 5) is 12.3. The van der Waals surface area contributed by atoms with E-state index in [2.05, 4.69) is 12.2 Å². The number of nitrogen functional groups attached to an aromatic ring is 1. The SMILES string of the molecule is CCSC1CCCC1NC(=O)c1cc(C)cc(N)c1. The van der Waals surface area contributed by atoms with Gasteiger partial charge in [0.25, 0.3) is 5.91 Å². The van der Waals surface area contributed by atoms with E-state index in [1.165, 1.54) is 12.8 Å². The van der Waals surface area contributed by atoms with Crippen LogP contribution in [0.1, 0.15) is 42.1 Å². The van der Waals surface area contributed by atoms with E-state index in [9.17, 15) is 4.79 Å². The minimum absolute atomic E-state index is 0.00371. The fourth-order valence-electron chi connectivity index (χ4n) is 2.70. The van der Waals surface area contributed by atoms with Crippen LogP contribution in [-0.2, 0) is 0 Å². The molecule has 1 aliphatic carbocycles. The number of rotatable bonds is 4. The molecule has 4 heteroatoms. The van der Waals surface area contributed by atoms with Crippen molar-refractivity contribution in [1.29, 1.82) is 0 Å². The Balaban J connectivity index is 2.04. The highest BCUT2D eigenvalue weighted by molar-refractivity contribution is 7.99. The normalized spacial score (nSPS) is 22.4. The number of benzene rings is 1. The van der Waals surface area contributed by atoms with Crippen LogP contribution in [0.25, 0.3) is 0 Å². The number of nitrogens with two attached hydrogens (primary N) is 1. The van der Waals surface area contributed by atoms with Gasteiger partial charge in [-0.1, -0.05) is 13.3 Å². The second-order valence-corrected chi connectivity index (χ2v) is 6.65. The van der Waals surface area contributed by atoms with Crippen molar-refractivity contribution in [3.05, 3.63) is 29.3 Å². The molecule has 0 aliphatic heterocycles. The number of nitrogens with one attached hydrogen (secondary N) is 1. The first-order chi connectivity index (χ1) is 9.10. The quantitative estimate of drug-likeness (QED) is 0.833. The van der Waals surface area contributed by atoms with Gasteiger partial charge in [0.15, 0.2) is 0 Å². The third-order valence-electron chi connectivity index (χ3n) is 3.51. The van der Waals surface area contributed by atoms with E-state index >= 15 is 0 Å². The number of carbonyl (C=O) groups is 1. The molecule has 19 heavy (non-hydrogen) atoms. The van der Waals surface area contributed by atoms with Crippen molar-refractivity contribution in [1.82, 2.24) is 5.32 Å². The highest BCUT2D eigenvalue weighted by Crippen LogP contribution is 2.30. The Labute approximate surface area is 119 Å². The minimum atomic E-state index is 0.00371. The molecule has 2 atom stereocenters. The maximum Gasteiger partial charge on any atom is 0.251 e. The summed E-state index contributed by atoms with van der Waals surface area (Å²) in [5, 5.41) is 3.74. The van der Waals surface area contributed by atoms with E-state index in [-0.39, 0.29) is 5.91 Å². The van der Waals surface area contributed by atoms with E-state index in [1.807, 2.05) is 30.8 Å². The third-order valence-corrected chi connectivity index (χ3v) is 4.84. The molecule has 0 radical (unpaired) electrons. The van der Waals surface area contributed by atoms with Gasteiger partial charge in [-0.25, -0.2) is 0 Å². The van der Waals surface area contributed by atoms with Gasteiger partial charge in [-0.15, -0.1) is 0 Å². The number of anilines is 1. The van der Waals surface area contributed by atoms with Crippen molar-refractivity contribution in [3.63, 3.8) is 0 Å². The van der Waals surface area contributed by atoms with Crippen LogP contribution < -0.4 is 11.1 Å². The lowest BCUT2D eigenvalue weighted by Crippen LogP contribution is -2.38. The monoisotopic (exact) mass is 278 g/mol. The largest absolute Gasteiger partial charge is 0.399 e. The Hall–Kier alpha value is -1.16. The van der Waals surface area contributed by atoms with Crippen molar-refractivity contribution in [2.45, 2.75) is 44.4 Å². The van der Waals surface area contributed by atoms with Crippen molar-refractivity contribution < 1.29 is 4.79 Å². The minimum Gasteiger partial charge on any atom is -0.399 e. The van der Waals surface area contributed by atoms with Crippen LogP contribution in [0.4, 0.5) is 5.69 Å². The first-order valence-corrected chi connectivity index (χ1v) is 7.94. The van der Waals surface area contributed by atoms with E-state index in [0.717, 1.165) is 17.7 Å². The highest BCUT2D eigenvalue weighted by Gasteiger charge is 2.28. The summed E-state index contributed by atoms with van der Waals surface area (Å²) >= 11 is 1.95. The lowest BCUT2D eigenvalue weighted by Gasteiger charge is -2.20. The van der Waals surface area contributed by atoms with Crippen LogP contribution in [0.2, 0.25) is 0 Å². The fourth-order valence-corrected chi connectivity index (χ4v) is 3.90. The molecule has 1 aromatic rings. The Morgan fingerprint density at radius 3 is 2.89 bits per heavy atom. The lowest BCUT2D eigenvalue weighted by atomic mass is 10.1. The van der Waals surface area contributed by atoms with Crippen LogP contribution in [0, 0.1) is 6.92 Å². The number of aryl methyl sites for hydroxylation is 1. The molecule has 0 aromatic heterocycles. The van der Waals surface area contributed by atoms with Gasteiger partial charge >= 0.3 is 0 Å². The number of carbonyl (C=O) groups excluding carboxylic acids is 1. The Bertz CT molecular complexity index is 441. The number of amides is 1. The van der Waals surface area contributed by atoms with Crippen LogP contribution in [0.3, 0.4) is 0 Å². The zero-order valence-corrected chi connectivity index (χ0v) is 12.4. The molecule has 0 bridgehead atoms. The fraction of sp³-hybridized carbons (Fsp3) is 0.533. The predicted molar refractivity (Wildman–Crippen MR) is 82.6 cm³/mol. The van der Waals surface area contributed by atoms with Crippen LogP contribution in [0.15, 0.2) is 18.2 Å². The molecule has 1 saturated carbocycles. The average molecular weight is 278 g/mol. The molecule has 1 aromatic carbocycles. The van der Waals surface area contributed by atoms with Gasteiger partial charge in [0.1, 0.15) is 0 Å². The van der Waals surface area contributed by atoms with E-state index < -0.39 is 0 Å². The molecular weight excluding hydrogens is 256 g/mol. The van der Waals surface area contributed by atoms with Crippen molar-refractivity contribution >= 4 is 23.4 Å². The third kappa shape index (κ3) is 3.66. The van der Waals surface area contributed by atoms with Gasteiger partial charge in [-0.05, 0) is 49.3 Å². The molecule has 0 heterocycles. The Morgan fingerprint density at radius 1 is 1.42 bits per heavy atom. The van der Waals surface area contributed by atoms with E-state index in [4.69, 9.17) is 5.73 Å². The summed E-state index contributed by atoms with van der Waals surface area (Å²) in [6.45, 7) is 4.13. The summed E-state index contributed by atoms with van der Waals surface area (Å²) in [5.41, 5.74) is 8.14. The molecule has 3 N–H and O–H groups in total. The molecule has 1 fully saturated rings. The molecule has 0 saturated heterocycles. The smallest absolute Gasteiger partial charge is 0.251 e. The first-order valence-electron chi connectivity index (χ1n) is 6.89. The number of hydrogen-bond donors (Lipinski definition) is 2. The molecule has 3 nitrogen and oxygen atoms in total. The van der Waals surface area contributed by atoms with Crippen molar-refractivity contribution in [2.75, 3.05) is 11.5 Å². The van der Waals surface area contributed by atoms with E-state index in [1.54, 1.807) is 6.07 Å². The maximum absolute atomic E-state index is 12.3. The van der Waals surface area contributed by atoms with Crippen LogP contribution in [0.5, 0.6) is 0 Å². The highest BCUT2D eigenvalue weighted by atomic mass is 32.2. The Kier molecular flexibility index (Phi) is 4.75. The zero-order valence-electron chi connectivity index (χ0n) is 11.6. The van der Waals surface area contributed by atoms with Crippen molar-refractivity contribution in [3.8, 4) is 0 Å². The average Bonchev–Trinajstić information content (AvgIpc) is 2.76. The number of hydrogen-bond acceptors (Lipinski definition) is 3. The standard InChI is InChI=1S/C15H22N2OS/c1-3-19-14-6-4-5-13(14)17-15(18)11-7-10(2)8-12(16)9-11/h7-9,13-14H,3-6,16H2,1-2H3,(H,17,18). The van der Waals surface area contributed by atoms with Gasteiger partial charge in [-0.3, -0.25) is 4.79 Å². The zero-order chi connectivity index (χ0) is 13.8. The summed E-state index contributed by atoms with van der Waals surface area (Å²) in [7, 11) is 0. The Morgan fingerprint density at radius 2 is 2.21 bits per heavy atom. The van der Waals surface area contributed by atoms with Gasteiger partial charge in [0.2, 0.25) is 0 Å². The van der Waals surface area contributed by atoms with Gasteiger partial charge in [0, 0.05) is 22.5 Å². The first kappa shape index (κ1) is 14.3. The number of thioether (sulfide) groups is 1. The topological polar surface area (TPSA) is 55.1 Å². The molecule has 2 unspecified atom stereocenters. The molecule has 104 valence electrons. The second-order valence-electron chi connectivity index (χ2n) is 5.14. The molecule has 0 spiro atoms. The second kappa shape index (κ2) is 6.33. The maximum atomic E-state index is 12.3.